The van der Waals surface area contributed by atoms with Gasteiger partial charge in [-0.25, -0.2) is 0 Å². The molecule has 0 unspecified atom stereocenters. The number of hydrogen-bond acceptors (Lipinski definition) is 7. The fraction of sp³-hybridized carbons (Fsp3) is 0.0143. The van der Waals surface area contributed by atoms with Crippen LogP contribution in [-0.4, -0.2) is 0 Å². The first-order valence-electron chi connectivity index (χ1n) is 50.3. The summed E-state index contributed by atoms with van der Waals surface area (Å²) in [6, 6.07) is 178. The summed E-state index contributed by atoms with van der Waals surface area (Å²) < 4.78 is 32.6. The van der Waals surface area contributed by atoms with E-state index in [9.17, 15) is 0 Å². The van der Waals surface area contributed by atoms with Crippen LogP contribution in [0.25, 0.3) is 263 Å². The number of anilines is 6. The molecular formula is C140H88N2O5. The first-order valence-corrected chi connectivity index (χ1v) is 50.3. The maximum absolute atomic E-state index is 6.69. The molecule has 0 fully saturated rings. The highest BCUT2D eigenvalue weighted by molar-refractivity contribution is 6.30. The highest BCUT2D eigenvalue weighted by atomic mass is 16.3. The molecule has 0 aliphatic rings. The molecule has 31 aromatic rings. The summed E-state index contributed by atoms with van der Waals surface area (Å²) in [6.07, 6.45) is 0. The van der Waals surface area contributed by atoms with E-state index in [2.05, 4.69) is 473 Å². The minimum atomic E-state index is 0.867. The molecule has 0 atom stereocenters. The van der Waals surface area contributed by atoms with Crippen molar-refractivity contribution in [3.05, 3.63) is 509 Å². The lowest BCUT2D eigenvalue weighted by Crippen LogP contribution is -2.12. The number of rotatable bonds is 12. The van der Waals surface area contributed by atoms with Gasteiger partial charge in [0.05, 0.1) is 22.7 Å². The van der Waals surface area contributed by atoms with Crippen LogP contribution in [0.1, 0.15) is 11.1 Å². The first kappa shape index (κ1) is 84.5. The zero-order valence-corrected chi connectivity index (χ0v) is 80.3. The molecule has 0 spiro atoms. The van der Waals surface area contributed by atoms with E-state index in [0.717, 1.165) is 166 Å². The van der Waals surface area contributed by atoms with Gasteiger partial charge in [0.2, 0.25) is 0 Å². The van der Waals surface area contributed by atoms with Crippen molar-refractivity contribution in [2.45, 2.75) is 13.8 Å². The van der Waals surface area contributed by atoms with E-state index < -0.39 is 0 Å². The van der Waals surface area contributed by atoms with E-state index in [0.29, 0.717) is 0 Å². The fourth-order valence-corrected chi connectivity index (χ4v) is 23.6. The fourth-order valence-electron chi connectivity index (χ4n) is 23.6. The molecule has 5 aromatic heterocycles. The van der Waals surface area contributed by atoms with Gasteiger partial charge in [0.1, 0.15) is 44.7 Å². The molecule has 0 bridgehead atoms. The molecule has 0 radical (unpaired) electrons. The second-order valence-electron chi connectivity index (χ2n) is 38.7. The van der Waals surface area contributed by atoms with Crippen LogP contribution in [-0.2, 0) is 0 Å². The molecule has 147 heavy (non-hydrogen) atoms. The van der Waals surface area contributed by atoms with Gasteiger partial charge in [-0.3, -0.25) is 0 Å². The maximum atomic E-state index is 6.69. The largest absolute Gasteiger partial charge is 0.456 e. The van der Waals surface area contributed by atoms with Gasteiger partial charge in [-0.05, 0) is 259 Å². The Morgan fingerprint density at radius 1 is 0.150 bits per heavy atom. The van der Waals surface area contributed by atoms with E-state index >= 15 is 0 Å². The first-order chi connectivity index (χ1) is 72.7. The number of fused-ring (bicyclic) bond motifs is 20. The Bertz CT molecular complexity index is 10300. The van der Waals surface area contributed by atoms with Crippen molar-refractivity contribution >= 4 is 230 Å². The van der Waals surface area contributed by atoms with Crippen LogP contribution < -0.4 is 9.80 Å². The van der Waals surface area contributed by atoms with Gasteiger partial charge >= 0.3 is 0 Å². The van der Waals surface area contributed by atoms with E-state index in [-0.39, 0.29) is 0 Å². The summed E-state index contributed by atoms with van der Waals surface area (Å²) in [6.45, 7) is 4.31. The van der Waals surface area contributed by atoms with Crippen LogP contribution >= 0.6 is 0 Å². The van der Waals surface area contributed by atoms with Gasteiger partial charge in [-0.15, -0.1) is 0 Å². The SMILES string of the molecule is Cc1cccc(N(c2ccc3ccc4c(N(c5cccc(C)c5)c5cccc6c5oc5ccccc56)ccc5ccc2c3c54)c2cccc3c2oc2ccccc23)c1.c1ccc(-c2c3cccc(-c4cccc5c4oc4ccccc45)c3cc3c(-c4cccc5c4oc4ccccc45)cccc23)cc1.c1ccc2cc(-c3ccc(-c4c5ccccc5c(-c5ccc6oc7ccccc7c6c5)c5ccccc45)cc3)ccc2c1. The van der Waals surface area contributed by atoms with E-state index in [1.54, 1.807) is 0 Å². The van der Waals surface area contributed by atoms with Gasteiger partial charge in [0.25, 0.3) is 0 Å². The molecule has 7 heteroatoms. The van der Waals surface area contributed by atoms with Crippen LogP contribution in [0.5, 0.6) is 0 Å². The second kappa shape index (κ2) is 34.2. The lowest BCUT2D eigenvalue weighted by Gasteiger charge is -2.29. The van der Waals surface area contributed by atoms with Crippen LogP contribution in [0.15, 0.2) is 520 Å². The number of aryl methyl sites for hydroxylation is 2. The minimum absolute atomic E-state index is 0.867. The van der Waals surface area contributed by atoms with Crippen molar-refractivity contribution in [2.24, 2.45) is 0 Å². The third-order valence-corrected chi connectivity index (χ3v) is 30.2. The summed E-state index contributed by atoms with van der Waals surface area (Å²) in [5.41, 5.74) is 32.0. The molecule has 0 aliphatic carbocycles. The van der Waals surface area contributed by atoms with Gasteiger partial charge in [-0.1, -0.05) is 394 Å². The normalized spacial score (nSPS) is 11.9. The maximum Gasteiger partial charge on any atom is 0.159 e. The third kappa shape index (κ3) is 13.9. The standard InChI is InChI=1S/C54H36N2O2.C44H26O2.C42H26O/c1-33-11-7-13-37(31-33)55(47-19-9-17-41-39-15-3-5-21-49(39)57-53(41)47)45-29-25-35-24-28-44-46(30-26-36-23-27-43(45)51(35)52(36)44)56(38-14-8-12-34(2)32-38)48-20-10-18-42-40-16-4-6-22-50(40)58-54(42)48;1-2-12-27(13-3-1)42-32-18-8-16-28(34-20-10-22-36-30-14-4-6-24-40(30)45-43(34)36)38(32)26-39-29(17-9-19-33(39)42)35-21-11-23-37-31-15-5-7-25-41(31)46-44(35)37;1-2-10-30-25-31(22-19-27(30)9-1)28-17-20-29(21-18-28)41-34-12-3-5-14-36(34)42(37-15-6-4-13-35(37)41)32-23-24-40-38(26-32)33-11-7-8-16-39(33)43-40/h3-32H,1-2H3;1-26H;1-26H. The molecule has 688 valence electrons. The average molecular weight is 1880 g/mol. The van der Waals surface area contributed by atoms with Crippen LogP contribution in [0.2, 0.25) is 0 Å². The highest BCUT2D eigenvalue weighted by Gasteiger charge is 2.29. The molecule has 5 heterocycles. The summed E-state index contributed by atoms with van der Waals surface area (Å²) >= 11 is 0. The lowest BCUT2D eigenvalue weighted by atomic mass is 9.85. The zero-order chi connectivity index (χ0) is 97.0. The quantitative estimate of drug-likeness (QED) is 0.0891. The predicted molar refractivity (Wildman–Crippen MR) is 618 cm³/mol. The monoisotopic (exact) mass is 1880 g/mol. The lowest BCUT2D eigenvalue weighted by molar-refractivity contribution is 0.668. The summed E-state index contributed by atoms with van der Waals surface area (Å²) in [7, 11) is 0. The zero-order valence-electron chi connectivity index (χ0n) is 80.3. The van der Waals surface area contributed by atoms with Crippen molar-refractivity contribution in [1.29, 1.82) is 0 Å². The molecule has 31 rings (SSSR count). The molecule has 0 amide bonds. The molecule has 26 aromatic carbocycles. The molecule has 7 nitrogen and oxygen atoms in total. The Kier molecular flexibility index (Phi) is 19.7. The van der Waals surface area contributed by atoms with E-state index in [4.69, 9.17) is 22.1 Å². The Hall–Kier alpha value is -19.3. The number of furan rings is 5. The summed E-state index contributed by atoms with van der Waals surface area (Å²) in [5.74, 6) is 0. The van der Waals surface area contributed by atoms with E-state index in [1.807, 2.05) is 48.5 Å². The second-order valence-corrected chi connectivity index (χ2v) is 38.7. The minimum Gasteiger partial charge on any atom is -0.456 e. The highest BCUT2D eigenvalue weighted by Crippen LogP contribution is 2.55. The van der Waals surface area contributed by atoms with Crippen LogP contribution in [0.4, 0.5) is 34.1 Å². The number of nitrogens with zero attached hydrogens (tertiary/aromatic N) is 2. The molecule has 0 saturated heterocycles. The Morgan fingerprint density at radius 2 is 0.469 bits per heavy atom. The van der Waals surface area contributed by atoms with Crippen LogP contribution in [0, 0.1) is 13.8 Å². The number of benzene rings is 26. The average Bonchev–Trinajstić information content (AvgIpc) is 1.14. The van der Waals surface area contributed by atoms with Crippen molar-refractivity contribution in [1.82, 2.24) is 0 Å². The number of hydrogen-bond donors (Lipinski definition) is 0. The predicted octanol–water partition coefficient (Wildman–Crippen LogP) is 40.8. The molecule has 0 saturated carbocycles. The van der Waals surface area contributed by atoms with Crippen molar-refractivity contribution in [3.63, 3.8) is 0 Å². The van der Waals surface area contributed by atoms with Crippen molar-refractivity contribution < 1.29 is 22.1 Å². The Morgan fingerprint density at radius 3 is 0.939 bits per heavy atom. The van der Waals surface area contributed by atoms with Crippen molar-refractivity contribution in [2.75, 3.05) is 9.80 Å². The molecular weight excluding hydrogens is 1790 g/mol. The van der Waals surface area contributed by atoms with Gasteiger partial charge in [0.15, 0.2) is 11.2 Å². The van der Waals surface area contributed by atoms with E-state index in [1.165, 1.54) is 142 Å². The van der Waals surface area contributed by atoms with Crippen molar-refractivity contribution in [3.8, 4) is 66.8 Å². The van der Waals surface area contributed by atoms with Gasteiger partial charge in [-0.2, -0.15) is 0 Å². The van der Waals surface area contributed by atoms with Gasteiger partial charge < -0.3 is 31.9 Å². The van der Waals surface area contributed by atoms with Crippen LogP contribution in [0.3, 0.4) is 0 Å². The third-order valence-electron chi connectivity index (χ3n) is 30.2. The topological polar surface area (TPSA) is 72.2 Å². The smallest absolute Gasteiger partial charge is 0.159 e. The molecule has 0 aliphatic heterocycles. The summed E-state index contributed by atoms with van der Waals surface area (Å²) in [4.78, 5) is 4.76. The van der Waals surface area contributed by atoms with Gasteiger partial charge in [0, 0.05) is 87.1 Å². The molecule has 0 N–H and O–H groups in total. The Balaban J connectivity index is 0.000000106. The Labute approximate surface area is 845 Å². The number of para-hydroxylation sites is 9. The summed E-state index contributed by atoms with van der Waals surface area (Å²) in [5, 5.41) is 30.8.